The molecule has 1 N–H and O–H groups in total. The minimum Gasteiger partial charge on any atom is -0.494 e. The number of carboxylic acids is 1. The fraction of sp³-hybridized carbons (Fsp3) is 0.522. The lowest BCUT2D eigenvalue weighted by Gasteiger charge is -2.27. The van der Waals surface area contributed by atoms with E-state index in [1.807, 2.05) is 42.5 Å². The molecule has 0 spiro atoms. The van der Waals surface area contributed by atoms with E-state index in [4.69, 9.17) is 14.6 Å². The number of unbranched alkanes of at least 4 members (excludes halogenated alkanes) is 1. The number of benzene rings is 1. The van der Waals surface area contributed by atoms with Crippen LogP contribution in [0.2, 0.25) is 0 Å². The van der Waals surface area contributed by atoms with Crippen molar-refractivity contribution in [3.8, 4) is 5.75 Å². The summed E-state index contributed by atoms with van der Waals surface area (Å²) in [4.78, 5) is 10.5. The van der Waals surface area contributed by atoms with Gasteiger partial charge in [-0.05, 0) is 62.5 Å². The lowest BCUT2D eigenvalue weighted by atomic mass is 9.75. The SMILES string of the molecule is O=C(O)CC=C/C=C\C[C@H]1[C@@H](CCCCOc2ccccc2)[C@H]2CC[C@@H]1O2. The molecule has 4 nitrogen and oxygen atoms in total. The molecule has 2 aliphatic rings. The average Bonchev–Trinajstić information content (AvgIpc) is 3.27. The largest absolute Gasteiger partial charge is 0.494 e. The van der Waals surface area contributed by atoms with Gasteiger partial charge in [0.2, 0.25) is 0 Å². The van der Waals surface area contributed by atoms with Crippen molar-refractivity contribution in [2.75, 3.05) is 6.61 Å². The van der Waals surface area contributed by atoms with E-state index in [1.54, 1.807) is 6.08 Å². The van der Waals surface area contributed by atoms with Crippen LogP contribution in [0.15, 0.2) is 54.6 Å². The Morgan fingerprint density at radius 1 is 1.07 bits per heavy atom. The molecule has 0 aromatic heterocycles. The molecule has 0 amide bonds. The Morgan fingerprint density at radius 2 is 1.81 bits per heavy atom. The average molecular weight is 370 g/mol. The molecule has 0 radical (unpaired) electrons. The van der Waals surface area contributed by atoms with E-state index in [9.17, 15) is 4.79 Å². The van der Waals surface area contributed by atoms with Crippen molar-refractivity contribution in [1.82, 2.24) is 0 Å². The number of carboxylic acid groups (broad SMARTS) is 1. The van der Waals surface area contributed by atoms with E-state index >= 15 is 0 Å². The summed E-state index contributed by atoms with van der Waals surface area (Å²) in [5.41, 5.74) is 0. The maximum atomic E-state index is 10.5. The molecule has 0 unspecified atom stereocenters. The van der Waals surface area contributed by atoms with Gasteiger partial charge in [-0.25, -0.2) is 0 Å². The van der Waals surface area contributed by atoms with Crippen LogP contribution in [-0.2, 0) is 9.53 Å². The number of para-hydroxylation sites is 1. The van der Waals surface area contributed by atoms with Gasteiger partial charge in [0.1, 0.15) is 5.75 Å². The molecule has 4 atom stereocenters. The Morgan fingerprint density at radius 3 is 2.59 bits per heavy atom. The van der Waals surface area contributed by atoms with Crippen LogP contribution in [0, 0.1) is 11.8 Å². The smallest absolute Gasteiger partial charge is 0.307 e. The van der Waals surface area contributed by atoms with Crippen LogP contribution in [-0.4, -0.2) is 29.9 Å². The van der Waals surface area contributed by atoms with Gasteiger partial charge in [0.25, 0.3) is 0 Å². The number of ether oxygens (including phenoxy) is 2. The first-order chi connectivity index (χ1) is 13.2. The molecule has 2 saturated heterocycles. The first-order valence-electron chi connectivity index (χ1n) is 10.1. The zero-order valence-corrected chi connectivity index (χ0v) is 15.8. The molecular weight excluding hydrogens is 340 g/mol. The Bertz CT molecular complexity index is 637. The molecular formula is C23H30O4. The monoisotopic (exact) mass is 370 g/mol. The second kappa shape index (κ2) is 10.3. The second-order valence-corrected chi connectivity index (χ2v) is 7.47. The molecule has 1 aromatic rings. The molecule has 2 aliphatic heterocycles. The molecule has 0 saturated carbocycles. The molecule has 2 bridgehead atoms. The highest BCUT2D eigenvalue weighted by Gasteiger charge is 2.47. The maximum Gasteiger partial charge on any atom is 0.307 e. The molecule has 0 aliphatic carbocycles. The highest BCUT2D eigenvalue weighted by Crippen LogP contribution is 2.47. The number of aliphatic carboxylic acids is 1. The van der Waals surface area contributed by atoms with E-state index in [1.165, 1.54) is 25.7 Å². The first-order valence-corrected chi connectivity index (χ1v) is 10.1. The molecule has 3 rings (SSSR count). The van der Waals surface area contributed by atoms with Crippen LogP contribution < -0.4 is 4.74 Å². The van der Waals surface area contributed by atoms with Gasteiger partial charge >= 0.3 is 5.97 Å². The quantitative estimate of drug-likeness (QED) is 0.440. The minimum absolute atomic E-state index is 0.0786. The fourth-order valence-corrected chi connectivity index (χ4v) is 4.35. The summed E-state index contributed by atoms with van der Waals surface area (Å²) in [6.45, 7) is 0.768. The zero-order valence-electron chi connectivity index (χ0n) is 15.8. The lowest BCUT2D eigenvalue weighted by Crippen LogP contribution is -2.26. The summed E-state index contributed by atoms with van der Waals surface area (Å²) in [5.74, 6) is 1.40. The third kappa shape index (κ3) is 5.96. The van der Waals surface area contributed by atoms with Gasteiger partial charge in [-0.3, -0.25) is 4.79 Å². The van der Waals surface area contributed by atoms with Crippen LogP contribution in [0.4, 0.5) is 0 Å². The van der Waals surface area contributed by atoms with Gasteiger partial charge in [-0.2, -0.15) is 0 Å². The zero-order chi connectivity index (χ0) is 18.9. The van der Waals surface area contributed by atoms with Gasteiger partial charge in [-0.15, -0.1) is 0 Å². The van der Waals surface area contributed by atoms with E-state index in [0.717, 1.165) is 25.2 Å². The van der Waals surface area contributed by atoms with E-state index in [2.05, 4.69) is 6.08 Å². The van der Waals surface area contributed by atoms with Crippen molar-refractivity contribution in [2.24, 2.45) is 11.8 Å². The number of hydrogen-bond donors (Lipinski definition) is 1. The predicted octanol–water partition coefficient (Wildman–Crippen LogP) is 5.01. The van der Waals surface area contributed by atoms with Crippen LogP contribution in [0.3, 0.4) is 0 Å². The van der Waals surface area contributed by atoms with Gasteiger partial charge in [-0.1, -0.05) is 42.5 Å². The Kier molecular flexibility index (Phi) is 7.52. The fourth-order valence-electron chi connectivity index (χ4n) is 4.35. The standard InChI is InChI=1S/C23H30O4/c24-23(25)14-7-2-1-6-12-19-20(22-16-15-21(19)27-22)13-8-9-17-26-18-10-4-3-5-11-18/h1-7,10-11,19-22H,8-9,12-17H2,(H,24,25)/b6-1-,7-2?/t19-,20+,21-,22+/m0/s1. The number of allylic oxidation sites excluding steroid dienone is 3. The van der Waals surface area contributed by atoms with Crippen molar-refractivity contribution >= 4 is 5.97 Å². The number of fused-ring (bicyclic) bond motifs is 2. The summed E-state index contributed by atoms with van der Waals surface area (Å²) in [6, 6.07) is 9.99. The molecule has 2 heterocycles. The third-order valence-corrected chi connectivity index (χ3v) is 5.62. The molecule has 2 fully saturated rings. The van der Waals surface area contributed by atoms with Crippen LogP contribution in [0.5, 0.6) is 5.75 Å². The summed E-state index contributed by atoms with van der Waals surface area (Å²) >= 11 is 0. The van der Waals surface area contributed by atoms with Crippen molar-refractivity contribution < 1.29 is 19.4 Å². The van der Waals surface area contributed by atoms with Crippen LogP contribution in [0.25, 0.3) is 0 Å². The van der Waals surface area contributed by atoms with Gasteiger partial charge in [0.15, 0.2) is 0 Å². The van der Waals surface area contributed by atoms with Gasteiger partial charge in [0, 0.05) is 0 Å². The van der Waals surface area contributed by atoms with E-state index < -0.39 is 5.97 Å². The Balaban J connectivity index is 1.38. The second-order valence-electron chi connectivity index (χ2n) is 7.47. The van der Waals surface area contributed by atoms with Gasteiger partial charge < -0.3 is 14.6 Å². The number of rotatable bonds is 11. The van der Waals surface area contributed by atoms with Crippen molar-refractivity contribution in [2.45, 2.75) is 57.2 Å². The highest BCUT2D eigenvalue weighted by atomic mass is 16.5. The topological polar surface area (TPSA) is 55.8 Å². The van der Waals surface area contributed by atoms with Gasteiger partial charge in [0.05, 0.1) is 25.2 Å². The molecule has 4 heteroatoms. The Labute approximate surface area is 161 Å². The summed E-state index contributed by atoms with van der Waals surface area (Å²) in [6.07, 6.45) is 15.4. The molecule has 1 aromatic carbocycles. The summed E-state index contributed by atoms with van der Waals surface area (Å²) in [7, 11) is 0. The summed E-state index contributed by atoms with van der Waals surface area (Å²) < 4.78 is 12.0. The van der Waals surface area contributed by atoms with Crippen LogP contribution in [0.1, 0.15) is 44.9 Å². The third-order valence-electron chi connectivity index (χ3n) is 5.62. The molecule has 27 heavy (non-hydrogen) atoms. The van der Waals surface area contributed by atoms with E-state index in [0.29, 0.717) is 24.0 Å². The van der Waals surface area contributed by atoms with Crippen molar-refractivity contribution in [1.29, 1.82) is 0 Å². The summed E-state index contributed by atoms with van der Waals surface area (Å²) in [5, 5.41) is 8.63. The number of carbonyl (C=O) groups is 1. The highest BCUT2D eigenvalue weighted by molar-refractivity contribution is 5.68. The normalized spacial score (nSPS) is 27.0. The van der Waals surface area contributed by atoms with Crippen molar-refractivity contribution in [3.63, 3.8) is 0 Å². The van der Waals surface area contributed by atoms with Crippen molar-refractivity contribution in [3.05, 3.63) is 54.6 Å². The Hall–Kier alpha value is -2.07. The van der Waals surface area contributed by atoms with Crippen LogP contribution >= 0.6 is 0 Å². The van der Waals surface area contributed by atoms with E-state index in [-0.39, 0.29) is 6.42 Å². The molecule has 146 valence electrons. The first kappa shape index (κ1) is 19.7. The minimum atomic E-state index is -0.794. The number of hydrogen-bond acceptors (Lipinski definition) is 3. The predicted molar refractivity (Wildman–Crippen MR) is 106 cm³/mol. The maximum absolute atomic E-state index is 10.5. The lowest BCUT2D eigenvalue weighted by molar-refractivity contribution is -0.136.